The summed E-state index contributed by atoms with van der Waals surface area (Å²) in [5, 5.41) is 6.56. The first-order valence-electron chi connectivity index (χ1n) is 7.10. The van der Waals surface area contributed by atoms with Gasteiger partial charge < -0.3 is 15.4 Å². The SMILES string of the molecule is CNc1ncnc(NCC2CCCCO2)c1C(C)C. The summed E-state index contributed by atoms with van der Waals surface area (Å²) in [6.07, 6.45) is 5.48. The average Bonchev–Trinajstić information content (AvgIpc) is 2.45. The number of hydrogen-bond acceptors (Lipinski definition) is 5. The number of aromatic nitrogens is 2. The van der Waals surface area contributed by atoms with Crippen LogP contribution in [-0.2, 0) is 4.74 Å². The molecule has 0 bridgehead atoms. The van der Waals surface area contributed by atoms with Crippen molar-refractivity contribution in [2.24, 2.45) is 0 Å². The molecular weight excluding hydrogens is 240 g/mol. The Kier molecular flexibility index (Phi) is 4.96. The number of nitrogens with one attached hydrogen (secondary N) is 2. The largest absolute Gasteiger partial charge is 0.376 e. The van der Waals surface area contributed by atoms with E-state index in [0.29, 0.717) is 12.0 Å². The van der Waals surface area contributed by atoms with Gasteiger partial charge in [0.2, 0.25) is 0 Å². The van der Waals surface area contributed by atoms with Gasteiger partial charge in [0.15, 0.2) is 0 Å². The number of anilines is 2. The highest BCUT2D eigenvalue weighted by molar-refractivity contribution is 5.58. The fourth-order valence-corrected chi connectivity index (χ4v) is 2.46. The third kappa shape index (κ3) is 3.56. The summed E-state index contributed by atoms with van der Waals surface area (Å²) < 4.78 is 5.74. The maximum absolute atomic E-state index is 5.74. The molecule has 0 aliphatic carbocycles. The predicted molar refractivity (Wildman–Crippen MR) is 77.7 cm³/mol. The molecule has 0 saturated carbocycles. The third-order valence-electron chi connectivity index (χ3n) is 3.47. The minimum absolute atomic E-state index is 0.307. The van der Waals surface area contributed by atoms with E-state index in [2.05, 4.69) is 34.4 Å². The molecule has 1 atom stereocenters. The Morgan fingerprint density at radius 1 is 1.32 bits per heavy atom. The van der Waals surface area contributed by atoms with Crippen LogP contribution in [0.1, 0.15) is 44.6 Å². The van der Waals surface area contributed by atoms with Gasteiger partial charge in [-0.25, -0.2) is 9.97 Å². The molecule has 1 unspecified atom stereocenters. The molecule has 2 heterocycles. The number of nitrogens with zero attached hydrogens (tertiary/aromatic N) is 2. The first-order valence-corrected chi connectivity index (χ1v) is 7.10. The molecule has 2 N–H and O–H groups in total. The lowest BCUT2D eigenvalue weighted by molar-refractivity contribution is 0.0247. The second-order valence-electron chi connectivity index (χ2n) is 5.26. The zero-order valence-corrected chi connectivity index (χ0v) is 12.1. The summed E-state index contributed by atoms with van der Waals surface area (Å²) in [7, 11) is 1.89. The van der Waals surface area contributed by atoms with Crippen LogP contribution in [-0.4, -0.2) is 36.3 Å². The van der Waals surface area contributed by atoms with Gasteiger partial charge in [-0.1, -0.05) is 13.8 Å². The molecule has 5 heteroatoms. The van der Waals surface area contributed by atoms with E-state index in [1.807, 2.05) is 7.05 Å². The lowest BCUT2D eigenvalue weighted by atomic mass is 10.0. The Balaban J connectivity index is 2.06. The van der Waals surface area contributed by atoms with Crippen LogP contribution in [0.25, 0.3) is 0 Å². The fourth-order valence-electron chi connectivity index (χ4n) is 2.46. The molecule has 1 fully saturated rings. The summed E-state index contributed by atoms with van der Waals surface area (Å²) in [4.78, 5) is 8.66. The topological polar surface area (TPSA) is 59.1 Å². The van der Waals surface area contributed by atoms with E-state index in [1.54, 1.807) is 6.33 Å². The molecule has 0 spiro atoms. The average molecular weight is 264 g/mol. The van der Waals surface area contributed by atoms with Gasteiger partial charge in [-0.05, 0) is 25.2 Å². The molecule has 19 heavy (non-hydrogen) atoms. The maximum atomic E-state index is 5.74. The Bertz CT molecular complexity index is 402. The van der Waals surface area contributed by atoms with Crippen LogP contribution in [0.3, 0.4) is 0 Å². The second-order valence-corrected chi connectivity index (χ2v) is 5.26. The summed E-state index contributed by atoms with van der Waals surface area (Å²) in [5.74, 6) is 2.19. The molecule has 1 aromatic heterocycles. The number of rotatable bonds is 5. The van der Waals surface area contributed by atoms with E-state index >= 15 is 0 Å². The van der Waals surface area contributed by atoms with Crippen LogP contribution in [0.4, 0.5) is 11.6 Å². The first kappa shape index (κ1) is 14.1. The Labute approximate surface area is 115 Å². The standard InChI is InChI=1S/C14H24N4O/c1-10(2)12-13(15-3)17-9-18-14(12)16-8-11-6-4-5-7-19-11/h9-11H,4-8H2,1-3H3,(H2,15,16,17,18). The number of hydrogen-bond donors (Lipinski definition) is 2. The van der Waals surface area contributed by atoms with Crippen molar-refractivity contribution < 1.29 is 4.74 Å². The van der Waals surface area contributed by atoms with Crippen molar-refractivity contribution >= 4 is 11.6 Å². The molecule has 1 aliphatic rings. The minimum atomic E-state index is 0.307. The van der Waals surface area contributed by atoms with Gasteiger partial charge in [-0.3, -0.25) is 0 Å². The lowest BCUT2D eigenvalue weighted by Gasteiger charge is -2.24. The van der Waals surface area contributed by atoms with Gasteiger partial charge in [0, 0.05) is 25.8 Å². The fraction of sp³-hybridized carbons (Fsp3) is 0.714. The van der Waals surface area contributed by atoms with Gasteiger partial charge in [-0.15, -0.1) is 0 Å². The Morgan fingerprint density at radius 2 is 2.11 bits per heavy atom. The second kappa shape index (κ2) is 6.70. The van der Waals surface area contributed by atoms with Crippen LogP contribution >= 0.6 is 0 Å². The highest BCUT2D eigenvalue weighted by Gasteiger charge is 2.17. The molecule has 5 nitrogen and oxygen atoms in total. The van der Waals surface area contributed by atoms with Crippen molar-refractivity contribution in [2.45, 2.75) is 45.1 Å². The van der Waals surface area contributed by atoms with Gasteiger partial charge >= 0.3 is 0 Å². The highest BCUT2D eigenvalue weighted by Crippen LogP contribution is 2.28. The zero-order valence-electron chi connectivity index (χ0n) is 12.1. The van der Waals surface area contributed by atoms with Crippen LogP contribution in [0.5, 0.6) is 0 Å². The van der Waals surface area contributed by atoms with Crippen LogP contribution in [0.2, 0.25) is 0 Å². The van der Waals surface area contributed by atoms with E-state index in [4.69, 9.17) is 4.74 Å². The van der Waals surface area contributed by atoms with Crippen molar-refractivity contribution in [2.75, 3.05) is 30.8 Å². The molecule has 2 rings (SSSR count). The van der Waals surface area contributed by atoms with Crippen molar-refractivity contribution in [3.63, 3.8) is 0 Å². The molecule has 106 valence electrons. The van der Waals surface area contributed by atoms with E-state index in [-0.39, 0.29) is 0 Å². The monoisotopic (exact) mass is 264 g/mol. The highest BCUT2D eigenvalue weighted by atomic mass is 16.5. The van der Waals surface area contributed by atoms with E-state index < -0.39 is 0 Å². The van der Waals surface area contributed by atoms with E-state index in [0.717, 1.165) is 36.8 Å². The van der Waals surface area contributed by atoms with Crippen LogP contribution in [0.15, 0.2) is 6.33 Å². The van der Waals surface area contributed by atoms with Gasteiger partial charge in [0.25, 0.3) is 0 Å². The summed E-state index contributed by atoms with van der Waals surface area (Å²) in [6, 6.07) is 0. The summed E-state index contributed by atoms with van der Waals surface area (Å²) in [6.45, 7) is 6.01. The zero-order chi connectivity index (χ0) is 13.7. The Morgan fingerprint density at radius 3 is 2.74 bits per heavy atom. The van der Waals surface area contributed by atoms with Crippen LogP contribution < -0.4 is 10.6 Å². The summed E-state index contributed by atoms with van der Waals surface area (Å²) >= 11 is 0. The maximum Gasteiger partial charge on any atom is 0.135 e. The molecule has 0 aromatic carbocycles. The van der Waals surface area contributed by atoms with Crippen LogP contribution in [0, 0.1) is 0 Å². The van der Waals surface area contributed by atoms with Crippen molar-refractivity contribution in [3.05, 3.63) is 11.9 Å². The molecule has 1 aliphatic heterocycles. The lowest BCUT2D eigenvalue weighted by Crippen LogP contribution is -2.27. The van der Waals surface area contributed by atoms with Gasteiger partial charge in [-0.2, -0.15) is 0 Å². The molecule has 0 radical (unpaired) electrons. The predicted octanol–water partition coefficient (Wildman–Crippen LogP) is 2.62. The minimum Gasteiger partial charge on any atom is -0.376 e. The van der Waals surface area contributed by atoms with E-state index in [1.165, 1.54) is 12.8 Å². The molecule has 1 saturated heterocycles. The quantitative estimate of drug-likeness (QED) is 0.856. The first-order chi connectivity index (χ1) is 9.22. The molecule has 1 aromatic rings. The van der Waals surface area contributed by atoms with Crippen molar-refractivity contribution in [1.29, 1.82) is 0 Å². The van der Waals surface area contributed by atoms with Gasteiger partial charge in [0.05, 0.1) is 6.10 Å². The molecule has 0 amide bonds. The van der Waals surface area contributed by atoms with Crippen molar-refractivity contribution in [3.8, 4) is 0 Å². The Hall–Kier alpha value is -1.36. The third-order valence-corrected chi connectivity index (χ3v) is 3.47. The summed E-state index contributed by atoms with van der Waals surface area (Å²) in [5.41, 5.74) is 1.14. The normalized spacial score (nSPS) is 19.5. The van der Waals surface area contributed by atoms with Gasteiger partial charge in [0.1, 0.15) is 18.0 Å². The molecular formula is C14H24N4O. The number of ether oxygens (including phenoxy) is 1. The smallest absolute Gasteiger partial charge is 0.135 e. The van der Waals surface area contributed by atoms with E-state index in [9.17, 15) is 0 Å². The van der Waals surface area contributed by atoms with Crippen molar-refractivity contribution in [1.82, 2.24) is 9.97 Å².